The van der Waals surface area contributed by atoms with Crippen LogP contribution in [0.25, 0.3) is 11.4 Å². The first-order valence-electron chi connectivity index (χ1n) is 8.61. The molecule has 138 valence electrons. The maximum absolute atomic E-state index is 12.2. The Balaban J connectivity index is 1.38. The lowest BCUT2D eigenvalue weighted by Gasteiger charge is -2.18. The van der Waals surface area contributed by atoms with E-state index >= 15 is 0 Å². The van der Waals surface area contributed by atoms with Crippen molar-refractivity contribution in [2.24, 2.45) is 0 Å². The molecule has 0 aliphatic carbocycles. The second-order valence-electron chi connectivity index (χ2n) is 6.87. The van der Waals surface area contributed by atoms with Crippen molar-refractivity contribution in [3.63, 3.8) is 0 Å². The summed E-state index contributed by atoms with van der Waals surface area (Å²) in [4.78, 5) is 20.9. The Labute approximate surface area is 161 Å². The second-order valence-corrected chi connectivity index (χ2v) is 7.73. The third-order valence-corrected chi connectivity index (χ3v) is 4.85. The lowest BCUT2D eigenvalue weighted by atomic mass is 10.0. The van der Waals surface area contributed by atoms with Gasteiger partial charge in [-0.3, -0.25) is 15.1 Å². The molecule has 2 aromatic heterocycles. The van der Waals surface area contributed by atoms with Gasteiger partial charge in [0, 0.05) is 23.6 Å². The summed E-state index contributed by atoms with van der Waals surface area (Å²) in [5.74, 6) is 1.04. The SMILES string of the molecule is CC1(C)Cc2cccc(OCC(=O)Nc3nc(-c4ccccn4)cs3)c2O1. The van der Waals surface area contributed by atoms with Crippen molar-refractivity contribution in [3.8, 4) is 22.9 Å². The van der Waals surface area contributed by atoms with E-state index in [2.05, 4.69) is 15.3 Å². The fourth-order valence-corrected chi connectivity index (χ4v) is 3.68. The highest BCUT2D eigenvalue weighted by Gasteiger charge is 2.32. The molecule has 0 bridgehead atoms. The minimum atomic E-state index is -0.271. The number of nitrogens with zero attached hydrogens (tertiary/aromatic N) is 2. The molecule has 0 radical (unpaired) electrons. The predicted octanol–water partition coefficient (Wildman–Crippen LogP) is 3.94. The van der Waals surface area contributed by atoms with Crippen molar-refractivity contribution >= 4 is 22.4 Å². The number of fused-ring (bicyclic) bond motifs is 1. The molecule has 0 saturated carbocycles. The van der Waals surface area contributed by atoms with E-state index in [0.717, 1.165) is 29.1 Å². The molecule has 0 fully saturated rings. The van der Waals surface area contributed by atoms with Crippen molar-refractivity contribution in [2.45, 2.75) is 25.9 Å². The number of para-hydroxylation sites is 1. The Morgan fingerprint density at radius 1 is 1.26 bits per heavy atom. The van der Waals surface area contributed by atoms with Crippen molar-refractivity contribution in [1.82, 2.24) is 9.97 Å². The van der Waals surface area contributed by atoms with Gasteiger partial charge in [-0.05, 0) is 32.0 Å². The fourth-order valence-electron chi connectivity index (χ4n) is 2.96. The highest BCUT2D eigenvalue weighted by atomic mass is 32.1. The molecule has 0 spiro atoms. The molecular formula is C20H19N3O3S. The summed E-state index contributed by atoms with van der Waals surface area (Å²) in [6.45, 7) is 3.95. The van der Waals surface area contributed by atoms with Crippen LogP contribution in [-0.4, -0.2) is 28.1 Å². The molecule has 3 heterocycles. The summed E-state index contributed by atoms with van der Waals surface area (Å²) in [6.07, 6.45) is 2.53. The summed E-state index contributed by atoms with van der Waals surface area (Å²) in [5, 5.41) is 5.13. The number of pyridine rings is 1. The van der Waals surface area contributed by atoms with Crippen molar-refractivity contribution in [2.75, 3.05) is 11.9 Å². The zero-order valence-electron chi connectivity index (χ0n) is 15.1. The molecule has 7 heteroatoms. The van der Waals surface area contributed by atoms with Crippen LogP contribution in [-0.2, 0) is 11.2 Å². The van der Waals surface area contributed by atoms with Crippen LogP contribution in [0.15, 0.2) is 48.0 Å². The zero-order valence-corrected chi connectivity index (χ0v) is 15.9. The zero-order chi connectivity index (χ0) is 18.9. The molecule has 1 aromatic carbocycles. The number of thiazole rings is 1. The van der Waals surface area contributed by atoms with Gasteiger partial charge < -0.3 is 9.47 Å². The smallest absolute Gasteiger partial charge is 0.264 e. The number of carbonyl (C=O) groups excluding carboxylic acids is 1. The molecular weight excluding hydrogens is 362 g/mol. The standard InChI is InChI=1S/C20H19N3O3S/c1-20(2)10-13-6-5-8-16(18(13)26-20)25-11-17(24)23-19-22-15(12-27-19)14-7-3-4-9-21-14/h3-9,12H,10-11H2,1-2H3,(H,22,23,24). The number of anilines is 1. The van der Waals surface area contributed by atoms with Crippen molar-refractivity contribution in [3.05, 3.63) is 53.5 Å². The van der Waals surface area contributed by atoms with Crippen LogP contribution < -0.4 is 14.8 Å². The Morgan fingerprint density at radius 2 is 2.15 bits per heavy atom. The number of nitrogens with one attached hydrogen (secondary N) is 1. The molecule has 3 aromatic rings. The van der Waals surface area contributed by atoms with Gasteiger partial charge in [-0.25, -0.2) is 4.98 Å². The summed E-state index contributed by atoms with van der Waals surface area (Å²) in [7, 11) is 0. The summed E-state index contributed by atoms with van der Waals surface area (Å²) >= 11 is 1.35. The maximum atomic E-state index is 12.2. The highest BCUT2D eigenvalue weighted by Crippen LogP contribution is 2.41. The molecule has 0 saturated heterocycles. The Morgan fingerprint density at radius 3 is 2.96 bits per heavy atom. The van der Waals surface area contributed by atoms with E-state index in [1.807, 2.05) is 55.6 Å². The number of amides is 1. The number of rotatable bonds is 5. The lowest BCUT2D eigenvalue weighted by molar-refractivity contribution is -0.118. The summed E-state index contributed by atoms with van der Waals surface area (Å²) in [5.41, 5.74) is 2.34. The average molecular weight is 381 g/mol. The van der Waals surface area contributed by atoms with Crippen LogP contribution in [0.4, 0.5) is 5.13 Å². The second kappa shape index (κ2) is 7.00. The molecule has 1 N–H and O–H groups in total. The lowest BCUT2D eigenvalue weighted by Crippen LogP contribution is -2.25. The normalized spacial score (nSPS) is 14.3. The molecule has 27 heavy (non-hydrogen) atoms. The third kappa shape index (κ3) is 3.93. The van der Waals surface area contributed by atoms with Gasteiger partial charge in [0.15, 0.2) is 23.2 Å². The van der Waals surface area contributed by atoms with Gasteiger partial charge in [-0.15, -0.1) is 11.3 Å². The number of benzene rings is 1. The van der Waals surface area contributed by atoms with Crippen LogP contribution in [0.1, 0.15) is 19.4 Å². The predicted molar refractivity (Wildman–Crippen MR) is 104 cm³/mol. The maximum Gasteiger partial charge on any atom is 0.264 e. The van der Waals surface area contributed by atoms with Gasteiger partial charge in [-0.2, -0.15) is 0 Å². The monoisotopic (exact) mass is 381 g/mol. The molecule has 0 atom stereocenters. The number of hydrogen-bond acceptors (Lipinski definition) is 6. The minimum absolute atomic E-state index is 0.112. The number of hydrogen-bond donors (Lipinski definition) is 1. The van der Waals surface area contributed by atoms with E-state index in [-0.39, 0.29) is 18.1 Å². The minimum Gasteiger partial charge on any atom is -0.483 e. The molecule has 4 rings (SSSR count). The first kappa shape index (κ1) is 17.5. The van der Waals surface area contributed by atoms with Gasteiger partial charge in [0.25, 0.3) is 5.91 Å². The average Bonchev–Trinajstić information content (AvgIpc) is 3.23. The van der Waals surface area contributed by atoms with Crippen LogP contribution in [0.3, 0.4) is 0 Å². The van der Waals surface area contributed by atoms with Crippen LogP contribution >= 0.6 is 11.3 Å². The van der Waals surface area contributed by atoms with E-state index < -0.39 is 0 Å². The largest absolute Gasteiger partial charge is 0.483 e. The quantitative estimate of drug-likeness (QED) is 0.725. The van der Waals surface area contributed by atoms with Gasteiger partial charge in [-0.1, -0.05) is 18.2 Å². The van der Waals surface area contributed by atoms with Crippen LogP contribution in [0.5, 0.6) is 11.5 Å². The third-order valence-electron chi connectivity index (χ3n) is 4.09. The number of aromatic nitrogens is 2. The summed E-state index contributed by atoms with van der Waals surface area (Å²) in [6, 6.07) is 11.4. The van der Waals surface area contributed by atoms with Gasteiger partial charge in [0.2, 0.25) is 0 Å². The van der Waals surface area contributed by atoms with E-state index in [0.29, 0.717) is 10.9 Å². The molecule has 1 aliphatic rings. The molecule has 6 nitrogen and oxygen atoms in total. The van der Waals surface area contributed by atoms with E-state index in [4.69, 9.17) is 9.47 Å². The fraction of sp³-hybridized carbons (Fsp3) is 0.250. The summed E-state index contributed by atoms with van der Waals surface area (Å²) < 4.78 is 11.6. The number of ether oxygens (including phenoxy) is 2. The first-order chi connectivity index (χ1) is 13.0. The van der Waals surface area contributed by atoms with Gasteiger partial charge in [0.05, 0.1) is 5.69 Å². The Bertz CT molecular complexity index is 970. The van der Waals surface area contributed by atoms with E-state index in [9.17, 15) is 4.79 Å². The van der Waals surface area contributed by atoms with Crippen LogP contribution in [0.2, 0.25) is 0 Å². The molecule has 0 unspecified atom stereocenters. The molecule has 1 amide bonds. The highest BCUT2D eigenvalue weighted by molar-refractivity contribution is 7.14. The number of carbonyl (C=O) groups is 1. The Kier molecular flexibility index (Phi) is 4.53. The van der Waals surface area contributed by atoms with E-state index in [1.54, 1.807) is 6.20 Å². The Hall–Kier alpha value is -2.93. The molecule has 1 aliphatic heterocycles. The van der Waals surface area contributed by atoms with Gasteiger partial charge in [0.1, 0.15) is 11.3 Å². The van der Waals surface area contributed by atoms with Gasteiger partial charge >= 0.3 is 0 Å². The topological polar surface area (TPSA) is 73.3 Å². The van der Waals surface area contributed by atoms with Crippen molar-refractivity contribution in [1.29, 1.82) is 0 Å². The van der Waals surface area contributed by atoms with E-state index in [1.165, 1.54) is 11.3 Å². The van der Waals surface area contributed by atoms with Crippen LogP contribution in [0, 0.1) is 0 Å². The van der Waals surface area contributed by atoms with Crippen molar-refractivity contribution < 1.29 is 14.3 Å². The first-order valence-corrected chi connectivity index (χ1v) is 9.49.